The molecule has 1 aromatic heterocycles. The summed E-state index contributed by atoms with van der Waals surface area (Å²) in [6.07, 6.45) is 1.95. The number of hydrogen-bond acceptors (Lipinski definition) is 6. The van der Waals surface area contributed by atoms with E-state index in [1.165, 1.54) is 10.4 Å². The average molecular weight is 347 g/mol. The zero-order valence-electron chi connectivity index (χ0n) is 13.9. The number of thiazole rings is 1. The third kappa shape index (κ3) is 5.09. The summed E-state index contributed by atoms with van der Waals surface area (Å²) in [5.41, 5.74) is 1.21. The van der Waals surface area contributed by atoms with Gasteiger partial charge in [-0.2, -0.15) is 0 Å². The summed E-state index contributed by atoms with van der Waals surface area (Å²) in [6, 6.07) is 10.4. The van der Waals surface area contributed by atoms with Crippen molar-refractivity contribution in [2.24, 2.45) is 0 Å². The number of rotatable bonds is 8. The predicted molar refractivity (Wildman–Crippen MR) is 97.2 cm³/mol. The van der Waals surface area contributed by atoms with E-state index in [0.29, 0.717) is 6.54 Å². The number of hydrogen-bond donors (Lipinski definition) is 1. The zero-order chi connectivity index (χ0) is 16.6. The summed E-state index contributed by atoms with van der Waals surface area (Å²) in [5, 5.41) is 10.4. The molecular formula is C18H25N3O2S. The summed E-state index contributed by atoms with van der Waals surface area (Å²) in [7, 11) is 0. The van der Waals surface area contributed by atoms with Crippen molar-refractivity contribution in [3.8, 4) is 10.4 Å². The quantitative estimate of drug-likeness (QED) is 0.791. The van der Waals surface area contributed by atoms with E-state index in [0.717, 1.165) is 50.9 Å². The van der Waals surface area contributed by atoms with Gasteiger partial charge < -0.3 is 9.84 Å². The Kier molecular flexibility index (Phi) is 6.75. The molecule has 0 radical (unpaired) electrons. The minimum atomic E-state index is 0.181. The smallest absolute Gasteiger partial charge is 0.107 e. The Morgan fingerprint density at radius 1 is 1.17 bits per heavy atom. The molecule has 3 rings (SSSR count). The van der Waals surface area contributed by atoms with Crippen LogP contribution in [0.3, 0.4) is 0 Å². The van der Waals surface area contributed by atoms with Crippen LogP contribution in [0.2, 0.25) is 0 Å². The molecular weight excluding hydrogens is 322 g/mol. The second kappa shape index (κ2) is 9.25. The van der Waals surface area contributed by atoms with E-state index in [1.54, 1.807) is 11.3 Å². The van der Waals surface area contributed by atoms with Crippen LogP contribution in [0.25, 0.3) is 10.4 Å². The molecule has 1 N–H and O–H groups in total. The van der Waals surface area contributed by atoms with Gasteiger partial charge in [0.1, 0.15) is 5.01 Å². The SMILES string of the molecule is OCCN(CCN1CCOCC1)Cc1ncc(-c2ccccc2)s1. The second-order valence-electron chi connectivity index (χ2n) is 5.94. The maximum absolute atomic E-state index is 9.34. The van der Waals surface area contributed by atoms with Crippen molar-refractivity contribution in [3.63, 3.8) is 0 Å². The summed E-state index contributed by atoms with van der Waals surface area (Å²) >= 11 is 1.73. The van der Waals surface area contributed by atoms with Crippen molar-refractivity contribution in [2.75, 3.05) is 52.5 Å². The summed E-state index contributed by atoms with van der Waals surface area (Å²) in [6.45, 7) is 7.28. The molecule has 0 saturated carbocycles. The molecule has 0 bridgehead atoms. The van der Waals surface area contributed by atoms with E-state index in [4.69, 9.17) is 4.74 Å². The van der Waals surface area contributed by atoms with E-state index in [2.05, 4.69) is 39.0 Å². The first kappa shape index (κ1) is 17.5. The number of ether oxygens (including phenoxy) is 1. The molecule has 5 nitrogen and oxygen atoms in total. The Bertz CT molecular complexity index is 599. The number of benzene rings is 1. The Morgan fingerprint density at radius 3 is 2.71 bits per heavy atom. The third-order valence-electron chi connectivity index (χ3n) is 4.22. The van der Waals surface area contributed by atoms with Crippen LogP contribution < -0.4 is 0 Å². The maximum Gasteiger partial charge on any atom is 0.107 e. The fraction of sp³-hybridized carbons (Fsp3) is 0.500. The van der Waals surface area contributed by atoms with E-state index < -0.39 is 0 Å². The summed E-state index contributed by atoms with van der Waals surface area (Å²) in [4.78, 5) is 10.5. The third-order valence-corrected chi connectivity index (χ3v) is 5.25. The summed E-state index contributed by atoms with van der Waals surface area (Å²) in [5.74, 6) is 0. The Hall–Kier alpha value is -1.31. The standard InChI is InChI=1S/C18H25N3O2S/c22-11-8-21(7-6-20-9-12-23-13-10-20)15-18-19-14-17(24-18)16-4-2-1-3-5-16/h1-5,14,22H,6-13,15H2. The first-order valence-electron chi connectivity index (χ1n) is 8.48. The average Bonchev–Trinajstić information content (AvgIpc) is 3.10. The first-order valence-corrected chi connectivity index (χ1v) is 9.30. The van der Waals surface area contributed by atoms with Crippen LogP contribution in [-0.2, 0) is 11.3 Å². The molecule has 130 valence electrons. The van der Waals surface area contributed by atoms with Crippen LogP contribution in [0.15, 0.2) is 36.5 Å². The van der Waals surface area contributed by atoms with Crippen LogP contribution in [0.5, 0.6) is 0 Å². The van der Waals surface area contributed by atoms with Crippen LogP contribution in [0.4, 0.5) is 0 Å². The van der Waals surface area contributed by atoms with Gasteiger partial charge in [0.25, 0.3) is 0 Å². The topological polar surface area (TPSA) is 48.8 Å². The van der Waals surface area contributed by atoms with E-state index in [9.17, 15) is 5.11 Å². The van der Waals surface area contributed by atoms with Gasteiger partial charge in [0.15, 0.2) is 0 Å². The zero-order valence-corrected chi connectivity index (χ0v) is 14.7. The molecule has 0 spiro atoms. The number of nitrogens with zero attached hydrogens (tertiary/aromatic N) is 3. The summed E-state index contributed by atoms with van der Waals surface area (Å²) < 4.78 is 5.39. The van der Waals surface area contributed by atoms with Crippen molar-refractivity contribution in [1.82, 2.24) is 14.8 Å². The molecule has 2 heterocycles. The van der Waals surface area contributed by atoms with Crippen molar-refractivity contribution in [3.05, 3.63) is 41.5 Å². The maximum atomic E-state index is 9.34. The first-order chi connectivity index (χ1) is 11.8. The van der Waals surface area contributed by atoms with E-state index in [-0.39, 0.29) is 6.61 Å². The molecule has 0 aliphatic carbocycles. The van der Waals surface area contributed by atoms with Gasteiger partial charge >= 0.3 is 0 Å². The minimum Gasteiger partial charge on any atom is -0.395 e. The minimum absolute atomic E-state index is 0.181. The van der Waals surface area contributed by atoms with Crippen molar-refractivity contribution in [2.45, 2.75) is 6.54 Å². The highest BCUT2D eigenvalue weighted by Gasteiger charge is 2.14. The van der Waals surface area contributed by atoms with Crippen LogP contribution >= 0.6 is 11.3 Å². The fourth-order valence-corrected chi connectivity index (χ4v) is 3.80. The molecule has 0 amide bonds. The van der Waals surface area contributed by atoms with Crippen molar-refractivity contribution in [1.29, 1.82) is 0 Å². The molecule has 6 heteroatoms. The lowest BCUT2D eigenvalue weighted by molar-refractivity contribution is 0.0320. The molecule has 1 saturated heterocycles. The lowest BCUT2D eigenvalue weighted by Crippen LogP contribution is -2.41. The predicted octanol–water partition coefficient (Wildman–Crippen LogP) is 1.94. The highest BCUT2D eigenvalue weighted by molar-refractivity contribution is 7.15. The second-order valence-corrected chi connectivity index (χ2v) is 7.05. The van der Waals surface area contributed by atoms with Gasteiger partial charge in [0, 0.05) is 38.9 Å². The van der Waals surface area contributed by atoms with Gasteiger partial charge in [0.05, 0.1) is 31.2 Å². The normalized spacial score (nSPS) is 15.9. The van der Waals surface area contributed by atoms with Gasteiger partial charge in [0.2, 0.25) is 0 Å². The van der Waals surface area contributed by atoms with Gasteiger partial charge in [-0.15, -0.1) is 11.3 Å². The van der Waals surface area contributed by atoms with Crippen LogP contribution in [-0.4, -0.2) is 72.4 Å². The van der Waals surface area contributed by atoms with Gasteiger partial charge in [-0.1, -0.05) is 30.3 Å². The molecule has 1 aromatic carbocycles. The molecule has 0 atom stereocenters. The lowest BCUT2D eigenvalue weighted by atomic mass is 10.2. The number of aromatic nitrogens is 1. The molecule has 1 fully saturated rings. The number of morpholine rings is 1. The van der Waals surface area contributed by atoms with Crippen molar-refractivity contribution < 1.29 is 9.84 Å². The molecule has 24 heavy (non-hydrogen) atoms. The van der Waals surface area contributed by atoms with Crippen LogP contribution in [0, 0.1) is 0 Å². The van der Waals surface area contributed by atoms with Gasteiger partial charge in [-0.3, -0.25) is 9.80 Å². The largest absolute Gasteiger partial charge is 0.395 e. The van der Waals surface area contributed by atoms with Crippen LogP contribution in [0.1, 0.15) is 5.01 Å². The van der Waals surface area contributed by atoms with Gasteiger partial charge in [-0.05, 0) is 5.56 Å². The lowest BCUT2D eigenvalue weighted by Gasteiger charge is -2.29. The van der Waals surface area contributed by atoms with E-state index in [1.807, 2.05) is 12.3 Å². The number of aliphatic hydroxyl groups excluding tert-OH is 1. The highest BCUT2D eigenvalue weighted by atomic mass is 32.1. The Balaban J connectivity index is 1.55. The molecule has 1 aliphatic rings. The molecule has 2 aromatic rings. The monoisotopic (exact) mass is 347 g/mol. The highest BCUT2D eigenvalue weighted by Crippen LogP contribution is 2.26. The molecule has 0 unspecified atom stereocenters. The van der Waals surface area contributed by atoms with Gasteiger partial charge in [-0.25, -0.2) is 4.98 Å². The number of aliphatic hydroxyl groups is 1. The fourth-order valence-electron chi connectivity index (χ4n) is 2.83. The molecule has 1 aliphatic heterocycles. The van der Waals surface area contributed by atoms with E-state index >= 15 is 0 Å². The van der Waals surface area contributed by atoms with Crippen molar-refractivity contribution >= 4 is 11.3 Å². The Labute approximate surface area is 147 Å². The Morgan fingerprint density at radius 2 is 1.96 bits per heavy atom.